The number of H-pyrrole nitrogens is 1. The fraction of sp³-hybridized carbons (Fsp3) is 0.348. The number of hydrogen-bond acceptors (Lipinski definition) is 7. The first kappa shape index (κ1) is 20.7. The molecule has 0 radical (unpaired) electrons. The van der Waals surface area contributed by atoms with Gasteiger partial charge in [0.25, 0.3) is 0 Å². The maximum Gasteiger partial charge on any atom is 0.246 e. The Labute approximate surface area is 193 Å². The van der Waals surface area contributed by atoms with Crippen LogP contribution < -0.4 is 10.2 Å². The zero-order valence-corrected chi connectivity index (χ0v) is 18.2. The van der Waals surface area contributed by atoms with Crippen molar-refractivity contribution >= 4 is 28.9 Å². The average Bonchev–Trinajstić information content (AvgIpc) is 3.20. The molecule has 2 aliphatic rings. The quantitative estimate of drug-likeness (QED) is 0.404. The highest BCUT2D eigenvalue weighted by Crippen LogP contribution is 2.39. The van der Waals surface area contributed by atoms with Gasteiger partial charge in [0.2, 0.25) is 11.9 Å². The molecule has 2 fully saturated rings. The van der Waals surface area contributed by atoms with Crippen LogP contribution in [0.2, 0.25) is 0 Å². The number of carbonyl (C=O) groups is 1. The summed E-state index contributed by atoms with van der Waals surface area (Å²) in [5.41, 5.74) is 2.39. The van der Waals surface area contributed by atoms with E-state index in [-0.39, 0.29) is 31.1 Å². The molecule has 1 aliphatic heterocycles. The summed E-state index contributed by atoms with van der Waals surface area (Å²) in [6.07, 6.45) is 4.30. The van der Waals surface area contributed by atoms with Gasteiger partial charge < -0.3 is 10.2 Å². The third kappa shape index (κ3) is 3.97. The Balaban J connectivity index is 1.29. The van der Waals surface area contributed by atoms with Crippen LogP contribution in [-0.4, -0.2) is 54.3 Å². The minimum atomic E-state index is -1.19. The number of alkyl halides is 1. The van der Waals surface area contributed by atoms with Gasteiger partial charge in [-0.3, -0.25) is 9.89 Å². The second-order valence-corrected chi connectivity index (χ2v) is 8.84. The van der Waals surface area contributed by atoms with Gasteiger partial charge in [-0.2, -0.15) is 14.5 Å². The molecule has 5 heterocycles. The number of aromatic amines is 1. The van der Waals surface area contributed by atoms with Gasteiger partial charge in [0.05, 0.1) is 12.6 Å². The predicted octanol–water partition coefficient (Wildman–Crippen LogP) is 3.34. The highest BCUT2D eigenvalue weighted by atomic mass is 19.1. The Bertz CT molecular complexity index is 1350. The molecule has 0 bridgehead atoms. The lowest BCUT2D eigenvalue weighted by molar-refractivity contribution is -0.119. The van der Waals surface area contributed by atoms with Crippen molar-refractivity contribution in [1.29, 1.82) is 0 Å². The number of halogens is 2. The molecule has 0 aromatic carbocycles. The van der Waals surface area contributed by atoms with E-state index in [1.54, 1.807) is 15.6 Å². The van der Waals surface area contributed by atoms with Crippen molar-refractivity contribution in [3.63, 3.8) is 0 Å². The maximum atomic E-state index is 14.5. The number of nitrogens with one attached hydrogen (secondary N) is 2. The number of carbonyl (C=O) groups excluding carboxylic acids is 1. The fourth-order valence-electron chi connectivity index (χ4n) is 4.40. The van der Waals surface area contributed by atoms with Gasteiger partial charge in [0, 0.05) is 42.9 Å². The molecule has 11 heteroatoms. The molecular formula is C23H22F2N8O. The summed E-state index contributed by atoms with van der Waals surface area (Å²) < 4.78 is 29.3. The van der Waals surface area contributed by atoms with E-state index in [9.17, 15) is 13.6 Å². The van der Waals surface area contributed by atoms with Crippen molar-refractivity contribution in [1.82, 2.24) is 29.8 Å². The number of anilines is 3. The van der Waals surface area contributed by atoms with E-state index in [0.29, 0.717) is 23.1 Å². The molecule has 0 unspecified atom stereocenters. The van der Waals surface area contributed by atoms with Crippen LogP contribution in [-0.2, 0) is 11.2 Å². The Kier molecular flexibility index (Phi) is 4.96. The van der Waals surface area contributed by atoms with Crippen LogP contribution in [0, 0.1) is 5.95 Å². The zero-order valence-electron chi connectivity index (χ0n) is 18.2. The maximum absolute atomic E-state index is 14.5. The number of Topliss-reactive ketones (excluding diaryl/α,β-unsaturated/α-hetero) is 1. The van der Waals surface area contributed by atoms with E-state index < -0.39 is 18.2 Å². The first-order valence-electron chi connectivity index (χ1n) is 11.2. The Morgan fingerprint density at radius 1 is 1.26 bits per heavy atom. The van der Waals surface area contributed by atoms with E-state index in [2.05, 4.69) is 30.6 Å². The standard InChI is InChI=1S/C23H22F2N8O/c24-15-9-18(19(34)8-13-3-6-20(25)26-11-13)32(12-15)23-28-22(17-2-1-7-33(17)31-23)27-21-10-16(29-30-21)14-4-5-14/h1-3,6-7,10-11,14-15,18H,4-5,8-9,12H2,(H2,27,28,29,30,31)/t15-,18+/m1/s1. The van der Waals surface area contributed by atoms with Crippen LogP contribution in [0.3, 0.4) is 0 Å². The summed E-state index contributed by atoms with van der Waals surface area (Å²) in [4.78, 5) is 22.9. The van der Waals surface area contributed by atoms with Gasteiger partial charge >= 0.3 is 0 Å². The van der Waals surface area contributed by atoms with Crippen molar-refractivity contribution in [2.45, 2.75) is 43.8 Å². The third-order valence-corrected chi connectivity index (χ3v) is 6.29. The lowest BCUT2D eigenvalue weighted by Crippen LogP contribution is -2.38. The largest absolute Gasteiger partial charge is 0.326 e. The minimum absolute atomic E-state index is 0.0124. The summed E-state index contributed by atoms with van der Waals surface area (Å²) in [7, 11) is 0. The number of pyridine rings is 1. The van der Waals surface area contributed by atoms with Gasteiger partial charge in [-0.1, -0.05) is 6.07 Å². The van der Waals surface area contributed by atoms with E-state index >= 15 is 0 Å². The lowest BCUT2D eigenvalue weighted by atomic mass is 10.0. The van der Waals surface area contributed by atoms with Crippen LogP contribution in [0.5, 0.6) is 0 Å². The molecule has 1 saturated carbocycles. The molecule has 4 aromatic heterocycles. The van der Waals surface area contributed by atoms with Gasteiger partial charge in [-0.15, -0.1) is 5.10 Å². The Hall–Kier alpha value is -3.89. The van der Waals surface area contributed by atoms with E-state index in [4.69, 9.17) is 0 Å². The Morgan fingerprint density at radius 2 is 2.15 bits per heavy atom. The van der Waals surface area contributed by atoms with Crippen LogP contribution >= 0.6 is 0 Å². The zero-order chi connectivity index (χ0) is 23.2. The summed E-state index contributed by atoms with van der Waals surface area (Å²) in [5.74, 6) is 1.13. The molecule has 9 nitrogen and oxygen atoms in total. The number of rotatable bonds is 7. The highest BCUT2D eigenvalue weighted by Gasteiger charge is 2.38. The van der Waals surface area contributed by atoms with Crippen molar-refractivity contribution in [2.75, 3.05) is 16.8 Å². The van der Waals surface area contributed by atoms with Crippen molar-refractivity contribution < 1.29 is 13.6 Å². The topological polar surface area (TPSA) is 104 Å². The van der Waals surface area contributed by atoms with Crippen LogP contribution in [0.25, 0.3) is 5.52 Å². The monoisotopic (exact) mass is 464 g/mol. The fourth-order valence-corrected chi connectivity index (χ4v) is 4.40. The molecule has 174 valence electrons. The van der Waals surface area contributed by atoms with Crippen LogP contribution in [0.4, 0.5) is 26.4 Å². The number of hydrogen-bond donors (Lipinski definition) is 2. The minimum Gasteiger partial charge on any atom is -0.326 e. The SMILES string of the molecule is O=C(Cc1ccc(F)nc1)[C@@H]1C[C@@H](F)CN1c1nc(Nc2cc(C3CC3)[nH]n2)c2cccn2n1. The average molecular weight is 464 g/mol. The summed E-state index contributed by atoms with van der Waals surface area (Å²) in [5, 5.41) is 15.2. The molecule has 1 aliphatic carbocycles. The van der Waals surface area contributed by atoms with Gasteiger partial charge in [-0.25, -0.2) is 13.9 Å². The van der Waals surface area contributed by atoms with Crippen LogP contribution in [0.15, 0.2) is 42.7 Å². The molecule has 6 rings (SSSR count). The van der Waals surface area contributed by atoms with Gasteiger partial charge in [-0.05, 0) is 36.6 Å². The molecule has 0 amide bonds. The summed E-state index contributed by atoms with van der Waals surface area (Å²) in [6.45, 7) is 0.0124. The van der Waals surface area contributed by atoms with Crippen molar-refractivity contribution in [3.8, 4) is 0 Å². The molecule has 0 spiro atoms. The predicted molar refractivity (Wildman–Crippen MR) is 120 cm³/mol. The first-order chi connectivity index (χ1) is 16.5. The molecule has 2 atom stereocenters. The molecule has 4 aromatic rings. The number of ketones is 1. The summed E-state index contributed by atoms with van der Waals surface area (Å²) in [6, 6.07) is 7.66. The van der Waals surface area contributed by atoms with Gasteiger partial charge in [0.1, 0.15) is 11.7 Å². The summed E-state index contributed by atoms with van der Waals surface area (Å²) >= 11 is 0. The number of nitrogens with zero attached hydrogens (tertiary/aromatic N) is 6. The van der Waals surface area contributed by atoms with Crippen LogP contribution in [0.1, 0.15) is 36.4 Å². The lowest BCUT2D eigenvalue weighted by Gasteiger charge is -2.23. The van der Waals surface area contributed by atoms with E-state index in [0.717, 1.165) is 24.1 Å². The number of fused-ring (bicyclic) bond motifs is 1. The second kappa shape index (κ2) is 8.15. The van der Waals surface area contributed by atoms with Crippen molar-refractivity contribution in [2.24, 2.45) is 0 Å². The third-order valence-electron chi connectivity index (χ3n) is 6.29. The molecule has 2 N–H and O–H groups in total. The normalized spacial score (nSPS) is 20.2. The highest BCUT2D eigenvalue weighted by molar-refractivity contribution is 5.89. The van der Waals surface area contributed by atoms with Crippen molar-refractivity contribution in [3.05, 3.63) is 59.9 Å². The second-order valence-electron chi connectivity index (χ2n) is 8.84. The molecular weight excluding hydrogens is 442 g/mol. The smallest absolute Gasteiger partial charge is 0.246 e. The Morgan fingerprint density at radius 3 is 2.94 bits per heavy atom. The van der Waals surface area contributed by atoms with E-state index in [1.165, 1.54) is 18.3 Å². The first-order valence-corrected chi connectivity index (χ1v) is 11.2. The van der Waals surface area contributed by atoms with E-state index in [1.807, 2.05) is 18.2 Å². The number of aromatic nitrogens is 6. The van der Waals surface area contributed by atoms with Gasteiger partial charge in [0.15, 0.2) is 17.4 Å². The molecule has 34 heavy (non-hydrogen) atoms. The molecule has 1 saturated heterocycles.